The van der Waals surface area contributed by atoms with Crippen LogP contribution < -0.4 is 10.6 Å². The number of aliphatic hydroxyl groups excluding tert-OH is 1. The zero-order chi connectivity index (χ0) is 20.8. The summed E-state index contributed by atoms with van der Waals surface area (Å²) in [6, 6.07) is 16.7. The summed E-state index contributed by atoms with van der Waals surface area (Å²) in [5.41, 5.74) is 5.53. The van der Waals surface area contributed by atoms with Crippen LogP contribution in [0.25, 0.3) is 10.9 Å². The van der Waals surface area contributed by atoms with Crippen molar-refractivity contribution in [2.45, 2.75) is 32.2 Å². The SMILES string of the molecule is CNC(=O)CCO.Cc1ccc2[nH]c(C(=O)NC3Cc4ccccc4C3)cc2c1. The van der Waals surface area contributed by atoms with E-state index in [-0.39, 0.29) is 30.9 Å². The summed E-state index contributed by atoms with van der Waals surface area (Å²) < 4.78 is 0. The molecule has 0 aliphatic heterocycles. The lowest BCUT2D eigenvalue weighted by atomic mass is 10.1. The van der Waals surface area contributed by atoms with Gasteiger partial charge in [-0.15, -0.1) is 0 Å². The van der Waals surface area contributed by atoms with Crippen LogP contribution in [0, 0.1) is 6.92 Å². The summed E-state index contributed by atoms with van der Waals surface area (Å²) in [6.45, 7) is 1.99. The predicted molar refractivity (Wildman–Crippen MR) is 114 cm³/mol. The highest BCUT2D eigenvalue weighted by molar-refractivity contribution is 5.98. The monoisotopic (exact) mass is 393 g/mol. The van der Waals surface area contributed by atoms with Gasteiger partial charge in [-0.3, -0.25) is 9.59 Å². The Morgan fingerprint density at radius 2 is 1.79 bits per heavy atom. The van der Waals surface area contributed by atoms with Crippen molar-refractivity contribution < 1.29 is 14.7 Å². The van der Waals surface area contributed by atoms with Gasteiger partial charge in [0, 0.05) is 30.4 Å². The lowest BCUT2D eigenvalue weighted by molar-refractivity contribution is -0.121. The second-order valence-electron chi connectivity index (χ2n) is 7.27. The first-order valence-electron chi connectivity index (χ1n) is 9.78. The maximum absolute atomic E-state index is 12.5. The van der Waals surface area contributed by atoms with Gasteiger partial charge in [-0.25, -0.2) is 0 Å². The number of carbonyl (C=O) groups is 2. The number of aliphatic hydroxyl groups is 1. The summed E-state index contributed by atoms with van der Waals surface area (Å²) in [5, 5.41) is 14.7. The van der Waals surface area contributed by atoms with Crippen LogP contribution in [0.2, 0.25) is 0 Å². The van der Waals surface area contributed by atoms with Gasteiger partial charge in [-0.05, 0) is 49.1 Å². The zero-order valence-corrected chi connectivity index (χ0v) is 16.8. The Labute approximate surface area is 170 Å². The second kappa shape index (κ2) is 9.39. The van der Waals surface area contributed by atoms with Gasteiger partial charge >= 0.3 is 0 Å². The molecule has 2 aromatic carbocycles. The Bertz CT molecular complexity index is 985. The largest absolute Gasteiger partial charge is 0.396 e. The molecule has 6 heteroatoms. The van der Waals surface area contributed by atoms with Crippen LogP contribution in [0.5, 0.6) is 0 Å². The van der Waals surface area contributed by atoms with Gasteiger partial charge in [-0.1, -0.05) is 35.9 Å². The molecule has 0 radical (unpaired) electrons. The molecule has 1 aliphatic rings. The highest BCUT2D eigenvalue weighted by atomic mass is 16.3. The van der Waals surface area contributed by atoms with Crippen LogP contribution in [-0.2, 0) is 17.6 Å². The van der Waals surface area contributed by atoms with E-state index in [1.165, 1.54) is 23.7 Å². The normalized spacial score (nSPS) is 12.8. The number of aryl methyl sites for hydroxylation is 1. The number of aromatic nitrogens is 1. The lowest BCUT2D eigenvalue weighted by Gasteiger charge is -2.10. The third-order valence-corrected chi connectivity index (χ3v) is 5.02. The summed E-state index contributed by atoms with van der Waals surface area (Å²) in [4.78, 5) is 25.8. The predicted octanol–water partition coefficient (Wildman–Crippen LogP) is 2.49. The number of hydrogen-bond donors (Lipinski definition) is 4. The van der Waals surface area contributed by atoms with Crippen molar-refractivity contribution in [2.24, 2.45) is 0 Å². The molecular weight excluding hydrogens is 366 g/mol. The molecule has 0 atom stereocenters. The Kier molecular flexibility index (Phi) is 6.67. The van der Waals surface area contributed by atoms with Gasteiger partial charge in [0.25, 0.3) is 5.91 Å². The number of benzene rings is 2. The quantitative estimate of drug-likeness (QED) is 0.549. The van der Waals surface area contributed by atoms with Crippen LogP contribution >= 0.6 is 0 Å². The summed E-state index contributed by atoms with van der Waals surface area (Å²) >= 11 is 0. The summed E-state index contributed by atoms with van der Waals surface area (Å²) in [7, 11) is 1.54. The van der Waals surface area contributed by atoms with Crippen molar-refractivity contribution >= 4 is 22.7 Å². The molecule has 1 heterocycles. The number of carbonyl (C=O) groups excluding carboxylic acids is 2. The number of rotatable bonds is 4. The number of nitrogens with one attached hydrogen (secondary N) is 3. The van der Waals surface area contributed by atoms with Gasteiger partial charge in [0.05, 0.1) is 6.61 Å². The van der Waals surface area contributed by atoms with E-state index in [4.69, 9.17) is 5.11 Å². The summed E-state index contributed by atoms with van der Waals surface area (Å²) in [5.74, 6) is -0.144. The van der Waals surface area contributed by atoms with Gasteiger partial charge < -0.3 is 20.7 Å². The molecule has 3 aromatic rings. The van der Waals surface area contributed by atoms with E-state index in [1.54, 1.807) is 0 Å². The fourth-order valence-corrected chi connectivity index (χ4v) is 3.52. The first-order valence-corrected chi connectivity index (χ1v) is 9.78. The van der Waals surface area contributed by atoms with Crippen LogP contribution in [-0.4, -0.2) is 41.6 Å². The first-order chi connectivity index (χ1) is 14.0. The van der Waals surface area contributed by atoms with Crippen LogP contribution in [0.15, 0.2) is 48.5 Å². The van der Waals surface area contributed by atoms with Crippen molar-refractivity contribution in [3.05, 3.63) is 70.9 Å². The molecule has 29 heavy (non-hydrogen) atoms. The zero-order valence-electron chi connectivity index (χ0n) is 16.8. The highest BCUT2D eigenvalue weighted by Crippen LogP contribution is 2.22. The van der Waals surface area contributed by atoms with Gasteiger partial charge in [0.15, 0.2) is 0 Å². The van der Waals surface area contributed by atoms with Crippen molar-refractivity contribution in [1.82, 2.24) is 15.6 Å². The smallest absolute Gasteiger partial charge is 0.267 e. The van der Waals surface area contributed by atoms with Crippen LogP contribution in [0.3, 0.4) is 0 Å². The molecule has 152 valence electrons. The first kappa shape index (κ1) is 20.6. The van der Waals surface area contributed by atoms with Gasteiger partial charge in [-0.2, -0.15) is 0 Å². The molecular formula is C23H27N3O3. The van der Waals surface area contributed by atoms with E-state index >= 15 is 0 Å². The maximum Gasteiger partial charge on any atom is 0.267 e. The van der Waals surface area contributed by atoms with Crippen molar-refractivity contribution in [3.8, 4) is 0 Å². The van der Waals surface area contributed by atoms with Crippen molar-refractivity contribution in [1.29, 1.82) is 0 Å². The van der Waals surface area contributed by atoms with E-state index in [2.05, 4.69) is 52.9 Å². The highest BCUT2D eigenvalue weighted by Gasteiger charge is 2.23. The molecule has 0 saturated heterocycles. The Morgan fingerprint density at radius 1 is 1.10 bits per heavy atom. The van der Waals surface area contributed by atoms with E-state index in [9.17, 15) is 9.59 Å². The average molecular weight is 393 g/mol. The Balaban J connectivity index is 0.000000298. The van der Waals surface area contributed by atoms with Crippen molar-refractivity contribution in [2.75, 3.05) is 13.7 Å². The molecule has 4 rings (SSSR count). The number of aromatic amines is 1. The number of H-pyrrole nitrogens is 1. The van der Waals surface area contributed by atoms with E-state index in [0.717, 1.165) is 23.7 Å². The minimum absolute atomic E-state index is 0.0216. The molecule has 1 aromatic heterocycles. The molecule has 0 fully saturated rings. The van der Waals surface area contributed by atoms with Gasteiger partial charge in [0.1, 0.15) is 5.69 Å². The maximum atomic E-state index is 12.5. The Morgan fingerprint density at radius 3 is 2.38 bits per heavy atom. The van der Waals surface area contributed by atoms with E-state index in [1.807, 2.05) is 18.2 Å². The van der Waals surface area contributed by atoms with Crippen LogP contribution in [0.4, 0.5) is 0 Å². The molecule has 4 N–H and O–H groups in total. The van der Waals surface area contributed by atoms with E-state index < -0.39 is 0 Å². The molecule has 6 nitrogen and oxygen atoms in total. The molecule has 0 bridgehead atoms. The minimum Gasteiger partial charge on any atom is -0.396 e. The molecule has 2 amide bonds. The minimum atomic E-state index is -0.123. The van der Waals surface area contributed by atoms with E-state index in [0.29, 0.717) is 5.69 Å². The molecule has 1 aliphatic carbocycles. The Hall–Kier alpha value is -3.12. The third-order valence-electron chi connectivity index (χ3n) is 5.02. The van der Waals surface area contributed by atoms with Gasteiger partial charge in [0.2, 0.25) is 5.91 Å². The van der Waals surface area contributed by atoms with Crippen molar-refractivity contribution in [3.63, 3.8) is 0 Å². The number of hydrogen-bond acceptors (Lipinski definition) is 3. The fourth-order valence-electron chi connectivity index (χ4n) is 3.52. The molecule has 0 unspecified atom stereocenters. The molecule has 0 spiro atoms. The summed E-state index contributed by atoms with van der Waals surface area (Å²) in [6.07, 6.45) is 2.04. The molecule has 0 saturated carbocycles. The second-order valence-corrected chi connectivity index (χ2v) is 7.27. The number of amides is 2. The average Bonchev–Trinajstić information content (AvgIpc) is 3.31. The lowest BCUT2D eigenvalue weighted by Crippen LogP contribution is -2.35. The topological polar surface area (TPSA) is 94.2 Å². The third kappa shape index (κ3) is 5.23. The van der Waals surface area contributed by atoms with Crippen LogP contribution in [0.1, 0.15) is 33.6 Å². The fraction of sp³-hybridized carbons (Fsp3) is 0.304. The number of fused-ring (bicyclic) bond motifs is 2. The standard InChI is InChI=1S/C19H18N2O.C4H9NO2/c1-12-6-7-17-15(8-12)11-18(21-17)19(22)20-16-9-13-4-2-3-5-14(13)10-16;1-5-4(7)2-3-6/h2-8,11,16,21H,9-10H2,1H3,(H,20,22);6H,2-3H2,1H3,(H,5,7).